The standard InChI is InChI=1S/C25H33NO4S/c1-20(2)19-31(28,29)24-14-16-26(17-15-24)25(27)13-10-21-8-11-23(12-9-21)30-18-22-6-4-3-5-7-22/h3-9,11-12,20,24H,10,13-19H2,1-2H3. The van der Waals surface area contributed by atoms with Gasteiger partial charge >= 0.3 is 0 Å². The molecule has 0 aliphatic carbocycles. The van der Waals surface area contributed by atoms with Crippen LogP contribution in [0.3, 0.4) is 0 Å². The SMILES string of the molecule is CC(C)CS(=O)(=O)C1CCN(C(=O)CCc2ccc(OCc3ccccc3)cc2)CC1. The quantitative estimate of drug-likeness (QED) is 0.581. The highest BCUT2D eigenvalue weighted by atomic mass is 32.2. The molecule has 0 saturated carbocycles. The molecule has 5 nitrogen and oxygen atoms in total. The second-order valence-corrected chi connectivity index (χ2v) is 11.0. The lowest BCUT2D eigenvalue weighted by Gasteiger charge is -2.32. The molecule has 0 bridgehead atoms. The predicted molar refractivity (Wildman–Crippen MR) is 124 cm³/mol. The average Bonchev–Trinajstić information content (AvgIpc) is 2.77. The second-order valence-electron chi connectivity index (χ2n) is 8.72. The van der Waals surface area contributed by atoms with Crippen molar-refractivity contribution in [2.75, 3.05) is 18.8 Å². The number of amides is 1. The van der Waals surface area contributed by atoms with Crippen LogP contribution in [0.5, 0.6) is 5.75 Å². The molecule has 0 atom stereocenters. The van der Waals surface area contributed by atoms with Crippen LogP contribution in [0, 0.1) is 5.92 Å². The minimum absolute atomic E-state index is 0.101. The Morgan fingerprint density at radius 3 is 2.26 bits per heavy atom. The number of aryl methyl sites for hydroxylation is 1. The minimum Gasteiger partial charge on any atom is -0.489 e. The first-order valence-electron chi connectivity index (χ1n) is 11.1. The Labute approximate surface area is 186 Å². The number of hydrogen-bond donors (Lipinski definition) is 0. The first kappa shape index (κ1) is 23.3. The third-order valence-electron chi connectivity index (χ3n) is 5.67. The Hall–Kier alpha value is -2.34. The van der Waals surface area contributed by atoms with Crippen LogP contribution < -0.4 is 4.74 Å². The molecule has 0 N–H and O–H groups in total. The maximum atomic E-state index is 12.6. The van der Waals surface area contributed by atoms with Crippen molar-refractivity contribution in [1.29, 1.82) is 0 Å². The summed E-state index contributed by atoms with van der Waals surface area (Å²) >= 11 is 0. The number of likely N-dealkylation sites (tertiary alicyclic amines) is 1. The highest BCUT2D eigenvalue weighted by molar-refractivity contribution is 7.92. The van der Waals surface area contributed by atoms with Crippen molar-refractivity contribution in [3.63, 3.8) is 0 Å². The molecule has 0 radical (unpaired) electrons. The Morgan fingerprint density at radius 2 is 1.65 bits per heavy atom. The molecule has 0 spiro atoms. The molecule has 0 aromatic heterocycles. The van der Waals surface area contributed by atoms with E-state index in [1.807, 2.05) is 73.3 Å². The smallest absolute Gasteiger partial charge is 0.222 e. The Balaban J connectivity index is 1.41. The molecule has 6 heteroatoms. The number of carbonyl (C=O) groups excluding carboxylic acids is 1. The van der Waals surface area contributed by atoms with E-state index < -0.39 is 9.84 Å². The van der Waals surface area contributed by atoms with E-state index in [-0.39, 0.29) is 22.8 Å². The van der Waals surface area contributed by atoms with Crippen molar-refractivity contribution in [3.8, 4) is 5.75 Å². The molecule has 31 heavy (non-hydrogen) atoms. The third-order valence-corrected chi connectivity index (χ3v) is 8.29. The maximum Gasteiger partial charge on any atom is 0.222 e. The lowest BCUT2D eigenvalue weighted by Crippen LogP contribution is -2.43. The third kappa shape index (κ3) is 7.10. The second kappa shape index (κ2) is 10.8. The molecular formula is C25H33NO4S. The molecule has 3 rings (SSSR count). The Kier molecular flexibility index (Phi) is 8.13. The summed E-state index contributed by atoms with van der Waals surface area (Å²) in [6, 6.07) is 17.9. The molecule has 2 aromatic carbocycles. The molecule has 1 fully saturated rings. The van der Waals surface area contributed by atoms with Crippen molar-refractivity contribution < 1.29 is 17.9 Å². The van der Waals surface area contributed by atoms with Gasteiger partial charge in [-0.3, -0.25) is 4.79 Å². The zero-order chi connectivity index (χ0) is 22.3. The van der Waals surface area contributed by atoms with E-state index >= 15 is 0 Å². The Bertz CT molecular complexity index is 931. The van der Waals surface area contributed by atoms with Gasteiger partial charge in [-0.2, -0.15) is 0 Å². The highest BCUT2D eigenvalue weighted by Crippen LogP contribution is 2.21. The molecule has 1 amide bonds. The van der Waals surface area contributed by atoms with Gasteiger partial charge in [0.2, 0.25) is 5.91 Å². The van der Waals surface area contributed by atoms with Crippen LogP contribution in [0.15, 0.2) is 54.6 Å². The maximum absolute atomic E-state index is 12.6. The van der Waals surface area contributed by atoms with Crippen molar-refractivity contribution in [2.45, 2.75) is 51.4 Å². The summed E-state index contributed by atoms with van der Waals surface area (Å²) in [5.74, 6) is 1.28. The molecule has 2 aromatic rings. The summed E-state index contributed by atoms with van der Waals surface area (Å²) in [5.41, 5.74) is 2.22. The van der Waals surface area contributed by atoms with Crippen LogP contribution in [0.4, 0.5) is 0 Å². The van der Waals surface area contributed by atoms with Crippen molar-refractivity contribution >= 4 is 15.7 Å². The zero-order valence-corrected chi connectivity index (χ0v) is 19.3. The van der Waals surface area contributed by atoms with Crippen LogP contribution in [-0.4, -0.2) is 43.3 Å². The number of carbonyl (C=O) groups is 1. The van der Waals surface area contributed by atoms with Gasteiger partial charge in [-0.05, 0) is 48.4 Å². The fraction of sp³-hybridized carbons (Fsp3) is 0.480. The van der Waals surface area contributed by atoms with E-state index in [2.05, 4.69) is 0 Å². The van der Waals surface area contributed by atoms with E-state index in [1.165, 1.54) is 0 Å². The molecule has 1 saturated heterocycles. The van der Waals surface area contributed by atoms with Gasteiger partial charge in [0, 0.05) is 19.5 Å². The van der Waals surface area contributed by atoms with E-state index in [1.54, 1.807) is 0 Å². The molecule has 1 aliphatic rings. The number of rotatable bonds is 9. The van der Waals surface area contributed by atoms with Gasteiger partial charge < -0.3 is 9.64 Å². The first-order chi connectivity index (χ1) is 14.8. The van der Waals surface area contributed by atoms with Crippen LogP contribution in [0.1, 0.15) is 44.2 Å². The van der Waals surface area contributed by atoms with Crippen LogP contribution in [-0.2, 0) is 27.7 Å². The normalized spacial score (nSPS) is 15.3. The number of sulfone groups is 1. The van der Waals surface area contributed by atoms with Crippen molar-refractivity contribution in [1.82, 2.24) is 4.90 Å². The lowest BCUT2D eigenvalue weighted by molar-refractivity contribution is -0.132. The van der Waals surface area contributed by atoms with Gasteiger partial charge in [0.05, 0.1) is 11.0 Å². The van der Waals surface area contributed by atoms with Crippen molar-refractivity contribution in [2.24, 2.45) is 5.92 Å². The average molecular weight is 444 g/mol. The molecule has 168 valence electrons. The van der Waals surface area contributed by atoms with Gasteiger partial charge in [-0.1, -0.05) is 56.3 Å². The van der Waals surface area contributed by atoms with Crippen LogP contribution in [0.25, 0.3) is 0 Å². The van der Waals surface area contributed by atoms with E-state index in [0.29, 0.717) is 45.4 Å². The summed E-state index contributed by atoms with van der Waals surface area (Å²) in [4.78, 5) is 14.4. The van der Waals surface area contributed by atoms with Crippen LogP contribution >= 0.6 is 0 Å². The Morgan fingerprint density at radius 1 is 1.00 bits per heavy atom. The minimum atomic E-state index is -3.06. The summed E-state index contributed by atoms with van der Waals surface area (Å²) in [6.07, 6.45) is 2.21. The van der Waals surface area contributed by atoms with Crippen molar-refractivity contribution in [3.05, 3.63) is 65.7 Å². The zero-order valence-electron chi connectivity index (χ0n) is 18.5. The molecule has 1 aliphatic heterocycles. The van der Waals surface area contributed by atoms with E-state index in [9.17, 15) is 13.2 Å². The van der Waals surface area contributed by atoms with Gasteiger partial charge in [-0.15, -0.1) is 0 Å². The number of piperidine rings is 1. The molecule has 0 unspecified atom stereocenters. The summed E-state index contributed by atoms with van der Waals surface area (Å²) in [5, 5.41) is -0.303. The van der Waals surface area contributed by atoms with Crippen LogP contribution in [0.2, 0.25) is 0 Å². The number of hydrogen-bond acceptors (Lipinski definition) is 4. The van der Waals surface area contributed by atoms with Gasteiger partial charge in [0.15, 0.2) is 9.84 Å². The first-order valence-corrected chi connectivity index (χ1v) is 12.8. The number of nitrogens with zero attached hydrogens (tertiary/aromatic N) is 1. The highest BCUT2D eigenvalue weighted by Gasteiger charge is 2.31. The number of ether oxygens (including phenoxy) is 1. The van der Waals surface area contributed by atoms with Gasteiger partial charge in [0.1, 0.15) is 12.4 Å². The summed E-state index contributed by atoms with van der Waals surface area (Å²) < 4.78 is 30.7. The fourth-order valence-electron chi connectivity index (χ4n) is 3.97. The monoisotopic (exact) mass is 443 g/mol. The molecule has 1 heterocycles. The van der Waals surface area contributed by atoms with E-state index in [4.69, 9.17) is 4.74 Å². The largest absolute Gasteiger partial charge is 0.489 e. The summed E-state index contributed by atoms with van der Waals surface area (Å²) in [6.45, 7) is 5.46. The van der Waals surface area contributed by atoms with Gasteiger partial charge in [0.25, 0.3) is 0 Å². The summed E-state index contributed by atoms with van der Waals surface area (Å²) in [7, 11) is -3.06. The number of benzene rings is 2. The topological polar surface area (TPSA) is 63.7 Å². The fourth-order valence-corrected chi connectivity index (χ4v) is 6.10. The van der Waals surface area contributed by atoms with Gasteiger partial charge in [-0.25, -0.2) is 8.42 Å². The molecular weight excluding hydrogens is 410 g/mol. The van der Waals surface area contributed by atoms with E-state index in [0.717, 1.165) is 16.9 Å². The predicted octanol–water partition coefficient (Wildman–Crippen LogP) is 4.26. The lowest BCUT2D eigenvalue weighted by atomic mass is 10.1.